The lowest BCUT2D eigenvalue weighted by Crippen LogP contribution is -2.40. The van der Waals surface area contributed by atoms with Crippen LogP contribution < -0.4 is 16.0 Å². The maximum absolute atomic E-state index is 5.62. The number of hydrogen-bond acceptors (Lipinski definition) is 3. The minimum atomic E-state index is 0.343. The van der Waals surface area contributed by atoms with Gasteiger partial charge in [0.25, 0.3) is 0 Å². The summed E-state index contributed by atoms with van der Waals surface area (Å²) in [6, 6.07) is 8.58. The van der Waals surface area contributed by atoms with E-state index in [0.29, 0.717) is 12.0 Å². The Balaban J connectivity index is 2.28. The summed E-state index contributed by atoms with van der Waals surface area (Å²) in [6.07, 6.45) is 2.08. The Morgan fingerprint density at radius 2 is 2.33 bits per heavy atom. The average molecular weight is 206 g/mol. The summed E-state index contributed by atoms with van der Waals surface area (Å²) >= 11 is 0. The molecule has 0 aromatic heterocycles. The van der Waals surface area contributed by atoms with Crippen LogP contribution in [0, 0.1) is 0 Å². The number of rotatable bonds is 3. The lowest BCUT2D eigenvalue weighted by Gasteiger charge is -2.31. The summed E-state index contributed by atoms with van der Waals surface area (Å²) in [5, 5.41) is 0. The molecular formula is C12H18N2O. The van der Waals surface area contributed by atoms with E-state index in [-0.39, 0.29) is 0 Å². The first-order valence-corrected chi connectivity index (χ1v) is 5.54. The Bertz CT molecular complexity index is 323. The van der Waals surface area contributed by atoms with E-state index in [1.165, 1.54) is 5.56 Å². The number of nitrogens with two attached hydrogens (primary N) is 1. The standard InChI is InChI=1S/C12H18N2O/c1-2-11(14-13)9-7-8-15-12-6-4-3-5-10(9)12/h3-6,9,11,14H,2,7-8,13H2,1H3. The summed E-state index contributed by atoms with van der Waals surface area (Å²) in [6.45, 7) is 2.95. The molecule has 82 valence electrons. The van der Waals surface area contributed by atoms with Crippen LogP contribution in [-0.4, -0.2) is 12.6 Å². The van der Waals surface area contributed by atoms with Gasteiger partial charge in [0.05, 0.1) is 6.61 Å². The largest absolute Gasteiger partial charge is 0.493 e. The molecule has 15 heavy (non-hydrogen) atoms. The van der Waals surface area contributed by atoms with Crippen molar-refractivity contribution in [2.75, 3.05) is 6.61 Å². The second kappa shape index (κ2) is 4.64. The monoisotopic (exact) mass is 206 g/mol. The molecule has 0 saturated carbocycles. The molecule has 0 bridgehead atoms. The van der Waals surface area contributed by atoms with Crippen molar-refractivity contribution in [3.63, 3.8) is 0 Å². The van der Waals surface area contributed by atoms with Gasteiger partial charge >= 0.3 is 0 Å². The highest BCUT2D eigenvalue weighted by Crippen LogP contribution is 2.35. The Hall–Kier alpha value is -1.06. The Labute approximate surface area is 90.6 Å². The van der Waals surface area contributed by atoms with Crippen LogP contribution in [0.4, 0.5) is 0 Å². The highest BCUT2D eigenvalue weighted by atomic mass is 16.5. The highest BCUT2D eigenvalue weighted by Gasteiger charge is 2.26. The third kappa shape index (κ3) is 1.98. The third-order valence-electron chi connectivity index (χ3n) is 3.14. The Kier molecular flexibility index (Phi) is 3.23. The number of hydrogen-bond donors (Lipinski definition) is 2. The quantitative estimate of drug-likeness (QED) is 0.585. The molecule has 0 radical (unpaired) electrons. The van der Waals surface area contributed by atoms with Gasteiger partial charge in [-0.1, -0.05) is 25.1 Å². The van der Waals surface area contributed by atoms with Gasteiger partial charge in [-0.2, -0.15) is 0 Å². The van der Waals surface area contributed by atoms with E-state index in [1.54, 1.807) is 0 Å². The van der Waals surface area contributed by atoms with Crippen molar-refractivity contribution in [2.45, 2.75) is 31.7 Å². The lowest BCUT2D eigenvalue weighted by atomic mass is 9.86. The molecule has 2 unspecified atom stereocenters. The number of benzene rings is 1. The third-order valence-corrected chi connectivity index (χ3v) is 3.14. The van der Waals surface area contributed by atoms with Crippen molar-refractivity contribution < 1.29 is 4.74 Å². The summed E-state index contributed by atoms with van der Waals surface area (Å²) in [4.78, 5) is 0. The Morgan fingerprint density at radius 3 is 3.07 bits per heavy atom. The van der Waals surface area contributed by atoms with Crippen LogP contribution in [0.2, 0.25) is 0 Å². The van der Waals surface area contributed by atoms with E-state index in [9.17, 15) is 0 Å². The number of ether oxygens (including phenoxy) is 1. The molecule has 1 aromatic carbocycles. The SMILES string of the molecule is CCC(NN)C1CCOc2ccccc21. The van der Waals surface area contributed by atoms with Gasteiger partial charge < -0.3 is 4.74 Å². The predicted octanol–water partition coefficient (Wildman–Crippen LogP) is 1.79. The van der Waals surface area contributed by atoms with Gasteiger partial charge in [0.15, 0.2) is 0 Å². The fourth-order valence-electron chi connectivity index (χ4n) is 2.31. The number of hydrazine groups is 1. The summed E-state index contributed by atoms with van der Waals surface area (Å²) in [5.74, 6) is 7.07. The van der Waals surface area contributed by atoms with Gasteiger partial charge in [-0.3, -0.25) is 11.3 Å². The molecule has 0 aliphatic carbocycles. The van der Waals surface area contributed by atoms with Crippen LogP contribution in [0.25, 0.3) is 0 Å². The molecule has 2 atom stereocenters. The van der Waals surface area contributed by atoms with Crippen molar-refractivity contribution in [3.05, 3.63) is 29.8 Å². The maximum Gasteiger partial charge on any atom is 0.122 e. The highest BCUT2D eigenvalue weighted by molar-refractivity contribution is 5.38. The van der Waals surface area contributed by atoms with Gasteiger partial charge in [-0.15, -0.1) is 0 Å². The van der Waals surface area contributed by atoms with E-state index in [4.69, 9.17) is 10.6 Å². The van der Waals surface area contributed by atoms with Crippen LogP contribution in [0.15, 0.2) is 24.3 Å². The second-order valence-electron chi connectivity index (χ2n) is 3.96. The molecule has 0 spiro atoms. The normalized spacial score (nSPS) is 21.6. The van der Waals surface area contributed by atoms with Crippen molar-refractivity contribution in [1.29, 1.82) is 0 Å². The minimum Gasteiger partial charge on any atom is -0.493 e. The van der Waals surface area contributed by atoms with E-state index >= 15 is 0 Å². The first-order chi connectivity index (χ1) is 7.36. The molecule has 0 amide bonds. The van der Waals surface area contributed by atoms with Crippen LogP contribution in [0.3, 0.4) is 0 Å². The topological polar surface area (TPSA) is 47.3 Å². The van der Waals surface area contributed by atoms with E-state index in [1.807, 2.05) is 12.1 Å². The van der Waals surface area contributed by atoms with Crippen LogP contribution >= 0.6 is 0 Å². The van der Waals surface area contributed by atoms with Gasteiger partial charge in [0, 0.05) is 12.0 Å². The second-order valence-corrected chi connectivity index (χ2v) is 3.96. The molecule has 3 nitrogen and oxygen atoms in total. The zero-order valence-corrected chi connectivity index (χ0v) is 9.07. The zero-order chi connectivity index (χ0) is 10.7. The minimum absolute atomic E-state index is 0.343. The van der Waals surface area contributed by atoms with E-state index in [2.05, 4.69) is 24.5 Å². The fraction of sp³-hybridized carbons (Fsp3) is 0.500. The molecule has 0 saturated heterocycles. The van der Waals surface area contributed by atoms with Crippen molar-refractivity contribution in [2.24, 2.45) is 5.84 Å². The van der Waals surface area contributed by atoms with Crippen LogP contribution in [0.1, 0.15) is 31.2 Å². The molecule has 0 fully saturated rings. The van der Waals surface area contributed by atoms with E-state index < -0.39 is 0 Å². The molecule has 1 aliphatic heterocycles. The van der Waals surface area contributed by atoms with Crippen LogP contribution in [0.5, 0.6) is 5.75 Å². The maximum atomic E-state index is 5.62. The first kappa shape index (κ1) is 10.5. The molecular weight excluding hydrogens is 188 g/mol. The summed E-state index contributed by atoms with van der Waals surface area (Å²) in [7, 11) is 0. The van der Waals surface area contributed by atoms with E-state index in [0.717, 1.165) is 25.2 Å². The molecule has 1 aliphatic rings. The summed E-state index contributed by atoms with van der Waals surface area (Å²) < 4.78 is 5.62. The van der Waals surface area contributed by atoms with Gasteiger partial charge in [-0.05, 0) is 24.5 Å². The number of para-hydroxylation sites is 1. The zero-order valence-electron chi connectivity index (χ0n) is 9.07. The fourth-order valence-corrected chi connectivity index (χ4v) is 2.31. The van der Waals surface area contributed by atoms with Crippen LogP contribution in [-0.2, 0) is 0 Å². The molecule has 3 N–H and O–H groups in total. The predicted molar refractivity (Wildman–Crippen MR) is 60.7 cm³/mol. The molecule has 1 aromatic rings. The molecule has 2 rings (SSSR count). The molecule has 1 heterocycles. The average Bonchev–Trinajstić information content (AvgIpc) is 2.31. The van der Waals surface area contributed by atoms with Crippen molar-refractivity contribution >= 4 is 0 Å². The van der Waals surface area contributed by atoms with Crippen molar-refractivity contribution in [1.82, 2.24) is 5.43 Å². The van der Waals surface area contributed by atoms with Gasteiger partial charge in [-0.25, -0.2) is 0 Å². The molecule has 3 heteroatoms. The van der Waals surface area contributed by atoms with Crippen molar-refractivity contribution in [3.8, 4) is 5.75 Å². The number of nitrogens with one attached hydrogen (secondary N) is 1. The number of fused-ring (bicyclic) bond motifs is 1. The van der Waals surface area contributed by atoms with Gasteiger partial charge in [0.1, 0.15) is 5.75 Å². The lowest BCUT2D eigenvalue weighted by molar-refractivity contribution is 0.243. The smallest absolute Gasteiger partial charge is 0.122 e. The van der Waals surface area contributed by atoms with Gasteiger partial charge in [0.2, 0.25) is 0 Å². The summed E-state index contributed by atoms with van der Waals surface area (Å²) in [5.41, 5.74) is 4.19. The Morgan fingerprint density at radius 1 is 1.53 bits per heavy atom. The first-order valence-electron chi connectivity index (χ1n) is 5.54.